The minimum absolute atomic E-state index is 0.152. The molecule has 3 rings (SSSR count). The molecule has 8 heteroatoms. The van der Waals surface area contributed by atoms with Gasteiger partial charge in [0.05, 0.1) is 0 Å². The standard InChI is InChI=1S/C17H19N3O4S/c1-10(21)24-8-11-7-20-16(23)14(17(20)25-9-11)19-15(22)13(18)12-5-3-2-4-6-12/h2-7,13-14,17H,8-9,18H2,1H3,(H,19,22)/t13-,14?,17?/m1/s1. The summed E-state index contributed by atoms with van der Waals surface area (Å²) in [6, 6.07) is 7.62. The number of thioether (sulfide) groups is 1. The van der Waals surface area contributed by atoms with E-state index >= 15 is 0 Å². The Balaban J connectivity index is 1.59. The molecule has 0 saturated carbocycles. The fourth-order valence-electron chi connectivity index (χ4n) is 2.69. The molecule has 0 aromatic heterocycles. The third-order valence-corrected chi connectivity index (χ3v) is 5.42. The van der Waals surface area contributed by atoms with Crippen LogP contribution in [0.4, 0.5) is 0 Å². The highest BCUT2D eigenvalue weighted by Crippen LogP contribution is 2.36. The Labute approximate surface area is 149 Å². The summed E-state index contributed by atoms with van der Waals surface area (Å²) < 4.78 is 4.95. The van der Waals surface area contributed by atoms with Crippen molar-refractivity contribution in [1.29, 1.82) is 0 Å². The Morgan fingerprint density at radius 3 is 2.80 bits per heavy atom. The molecular weight excluding hydrogens is 342 g/mol. The summed E-state index contributed by atoms with van der Waals surface area (Å²) in [7, 11) is 0. The zero-order valence-corrected chi connectivity index (χ0v) is 14.5. The Morgan fingerprint density at radius 1 is 1.40 bits per heavy atom. The van der Waals surface area contributed by atoms with E-state index in [9.17, 15) is 14.4 Å². The number of carbonyl (C=O) groups excluding carboxylic acids is 3. The molecule has 7 nitrogen and oxygen atoms in total. The predicted octanol–water partition coefficient (Wildman–Crippen LogP) is 0.533. The first-order chi connectivity index (χ1) is 12.0. The number of hydrogen-bond acceptors (Lipinski definition) is 6. The number of benzene rings is 1. The zero-order valence-electron chi connectivity index (χ0n) is 13.7. The molecule has 1 fully saturated rings. The van der Waals surface area contributed by atoms with Gasteiger partial charge in [0.1, 0.15) is 24.1 Å². The van der Waals surface area contributed by atoms with Crippen molar-refractivity contribution < 1.29 is 19.1 Å². The first-order valence-electron chi connectivity index (χ1n) is 7.85. The second kappa shape index (κ2) is 7.28. The third kappa shape index (κ3) is 3.69. The molecule has 2 heterocycles. The van der Waals surface area contributed by atoms with Crippen LogP contribution in [-0.2, 0) is 19.1 Å². The molecule has 132 valence electrons. The number of nitrogens with one attached hydrogen (secondary N) is 1. The molecule has 0 aliphatic carbocycles. The van der Waals surface area contributed by atoms with Crippen molar-refractivity contribution in [3.8, 4) is 0 Å². The molecule has 0 bridgehead atoms. The molecule has 0 radical (unpaired) electrons. The van der Waals surface area contributed by atoms with Crippen LogP contribution in [0.2, 0.25) is 0 Å². The number of rotatable bonds is 5. The van der Waals surface area contributed by atoms with Crippen LogP contribution in [0.25, 0.3) is 0 Å². The van der Waals surface area contributed by atoms with Gasteiger partial charge in [-0.15, -0.1) is 11.8 Å². The molecular formula is C17H19N3O4S. The lowest BCUT2D eigenvalue weighted by Gasteiger charge is -2.47. The van der Waals surface area contributed by atoms with E-state index in [4.69, 9.17) is 10.5 Å². The summed E-state index contributed by atoms with van der Waals surface area (Å²) in [5, 5.41) is 2.59. The quantitative estimate of drug-likeness (QED) is 0.586. The summed E-state index contributed by atoms with van der Waals surface area (Å²) in [4.78, 5) is 37.0. The Bertz CT molecular complexity index is 722. The van der Waals surface area contributed by atoms with E-state index in [0.29, 0.717) is 11.3 Å². The average molecular weight is 361 g/mol. The number of β-lactam (4-membered cyclic amide) rings is 1. The number of ether oxygens (including phenoxy) is 1. The Hall–Kier alpha value is -2.32. The van der Waals surface area contributed by atoms with Crippen molar-refractivity contribution in [2.24, 2.45) is 5.73 Å². The van der Waals surface area contributed by atoms with Crippen LogP contribution < -0.4 is 11.1 Å². The van der Waals surface area contributed by atoms with E-state index in [0.717, 1.165) is 5.57 Å². The number of nitrogens with zero attached hydrogens (tertiary/aromatic N) is 1. The predicted molar refractivity (Wildman–Crippen MR) is 93.1 cm³/mol. The average Bonchev–Trinajstić information content (AvgIpc) is 2.63. The van der Waals surface area contributed by atoms with Crippen LogP contribution in [0, 0.1) is 0 Å². The summed E-state index contributed by atoms with van der Waals surface area (Å²) >= 11 is 1.52. The molecule has 1 aromatic carbocycles. The second-order valence-electron chi connectivity index (χ2n) is 5.89. The lowest BCUT2D eigenvalue weighted by molar-refractivity contribution is -0.145. The highest BCUT2D eigenvalue weighted by atomic mass is 32.2. The lowest BCUT2D eigenvalue weighted by Crippen LogP contribution is -2.69. The first-order valence-corrected chi connectivity index (χ1v) is 8.90. The Kier molecular flexibility index (Phi) is 5.10. The van der Waals surface area contributed by atoms with E-state index < -0.39 is 12.1 Å². The maximum Gasteiger partial charge on any atom is 0.302 e. The molecule has 25 heavy (non-hydrogen) atoms. The molecule has 2 unspecified atom stereocenters. The lowest BCUT2D eigenvalue weighted by atomic mass is 10.0. The van der Waals surface area contributed by atoms with E-state index in [1.807, 2.05) is 18.2 Å². The smallest absolute Gasteiger partial charge is 0.302 e. The zero-order chi connectivity index (χ0) is 18.0. The number of esters is 1. The van der Waals surface area contributed by atoms with Crippen molar-refractivity contribution in [2.75, 3.05) is 12.4 Å². The minimum Gasteiger partial charge on any atom is -0.461 e. The fourth-order valence-corrected chi connectivity index (χ4v) is 3.93. The minimum atomic E-state index is -0.813. The van der Waals surface area contributed by atoms with Gasteiger partial charge in [0.2, 0.25) is 5.91 Å². The molecule has 1 saturated heterocycles. The largest absolute Gasteiger partial charge is 0.461 e. The summed E-state index contributed by atoms with van der Waals surface area (Å²) in [6.07, 6.45) is 1.70. The van der Waals surface area contributed by atoms with Gasteiger partial charge in [0.25, 0.3) is 5.91 Å². The van der Waals surface area contributed by atoms with Crippen LogP contribution in [0.15, 0.2) is 42.1 Å². The van der Waals surface area contributed by atoms with Gasteiger partial charge in [-0.1, -0.05) is 30.3 Å². The topological polar surface area (TPSA) is 102 Å². The molecule has 2 amide bonds. The van der Waals surface area contributed by atoms with Gasteiger partial charge in [-0.2, -0.15) is 0 Å². The number of carbonyl (C=O) groups is 3. The van der Waals surface area contributed by atoms with Crippen LogP contribution in [0.5, 0.6) is 0 Å². The van der Waals surface area contributed by atoms with E-state index in [1.54, 1.807) is 23.2 Å². The van der Waals surface area contributed by atoms with Gasteiger partial charge in [0.15, 0.2) is 0 Å². The highest BCUT2D eigenvalue weighted by Gasteiger charge is 2.49. The van der Waals surface area contributed by atoms with Crippen molar-refractivity contribution in [3.05, 3.63) is 47.7 Å². The van der Waals surface area contributed by atoms with Crippen molar-refractivity contribution in [3.63, 3.8) is 0 Å². The van der Waals surface area contributed by atoms with Gasteiger partial charge in [-0.25, -0.2) is 0 Å². The van der Waals surface area contributed by atoms with Crippen molar-refractivity contribution in [2.45, 2.75) is 24.4 Å². The van der Waals surface area contributed by atoms with Gasteiger partial charge in [-0.05, 0) is 11.1 Å². The van der Waals surface area contributed by atoms with E-state index in [-0.39, 0.29) is 29.8 Å². The van der Waals surface area contributed by atoms with E-state index in [2.05, 4.69) is 5.32 Å². The number of amides is 2. The van der Waals surface area contributed by atoms with Gasteiger partial charge < -0.3 is 20.7 Å². The molecule has 1 aromatic rings. The molecule has 0 spiro atoms. The van der Waals surface area contributed by atoms with Crippen LogP contribution in [-0.4, -0.2) is 46.5 Å². The second-order valence-corrected chi connectivity index (χ2v) is 6.99. The van der Waals surface area contributed by atoms with Crippen molar-refractivity contribution >= 4 is 29.5 Å². The SMILES string of the molecule is CC(=O)OCC1=CN2C(=O)C(NC(=O)[C@H](N)c3ccccc3)C2SC1. The third-order valence-electron chi connectivity index (χ3n) is 4.04. The molecule has 3 atom stereocenters. The summed E-state index contributed by atoms with van der Waals surface area (Å²) in [5.74, 6) is -0.285. The highest BCUT2D eigenvalue weighted by molar-refractivity contribution is 8.00. The molecule has 2 aliphatic rings. The normalized spacial score (nSPS) is 23.0. The number of nitrogens with two attached hydrogens (primary N) is 1. The number of fused-ring (bicyclic) bond motifs is 1. The monoisotopic (exact) mass is 361 g/mol. The van der Waals surface area contributed by atoms with Gasteiger partial charge in [-0.3, -0.25) is 14.4 Å². The number of hydrogen-bond donors (Lipinski definition) is 2. The maximum absolute atomic E-state index is 12.3. The summed E-state index contributed by atoms with van der Waals surface area (Å²) in [6.45, 7) is 1.52. The van der Waals surface area contributed by atoms with Gasteiger partial charge in [0, 0.05) is 18.9 Å². The van der Waals surface area contributed by atoms with E-state index in [1.165, 1.54) is 18.7 Å². The molecule has 3 N–H and O–H groups in total. The first kappa shape index (κ1) is 17.5. The van der Waals surface area contributed by atoms with Gasteiger partial charge >= 0.3 is 5.97 Å². The van der Waals surface area contributed by atoms with Crippen LogP contribution in [0.3, 0.4) is 0 Å². The fraction of sp³-hybridized carbons (Fsp3) is 0.353. The molecule has 2 aliphatic heterocycles. The summed E-state index contributed by atoms with van der Waals surface area (Å²) in [5.41, 5.74) is 7.52. The van der Waals surface area contributed by atoms with Crippen LogP contribution in [0.1, 0.15) is 18.5 Å². The van der Waals surface area contributed by atoms with Crippen LogP contribution >= 0.6 is 11.8 Å². The Morgan fingerprint density at radius 2 is 2.12 bits per heavy atom. The van der Waals surface area contributed by atoms with Crippen molar-refractivity contribution in [1.82, 2.24) is 10.2 Å². The maximum atomic E-state index is 12.3.